The number of ether oxygens (including phenoxy) is 1. The highest BCUT2D eigenvalue weighted by molar-refractivity contribution is 6.00. The third kappa shape index (κ3) is 3.73. The average molecular weight is 419 g/mol. The first-order valence-electron chi connectivity index (χ1n) is 10.4. The normalized spacial score (nSPS) is 22.4. The summed E-state index contributed by atoms with van der Waals surface area (Å²) in [6, 6.07) is 6.07. The number of carbonyl (C=O) groups excluding carboxylic acids is 1. The van der Waals surface area contributed by atoms with Crippen LogP contribution in [0.15, 0.2) is 49.1 Å². The van der Waals surface area contributed by atoms with E-state index in [0.29, 0.717) is 18.3 Å². The van der Waals surface area contributed by atoms with Crippen molar-refractivity contribution in [2.24, 2.45) is 5.92 Å². The van der Waals surface area contributed by atoms with Gasteiger partial charge < -0.3 is 9.64 Å². The number of aryl methyl sites for hydroxylation is 1. The van der Waals surface area contributed by atoms with Crippen molar-refractivity contribution in [3.8, 4) is 17.3 Å². The van der Waals surface area contributed by atoms with Crippen molar-refractivity contribution in [3.05, 3.63) is 66.1 Å². The Morgan fingerprint density at radius 3 is 2.68 bits per heavy atom. The van der Waals surface area contributed by atoms with Crippen LogP contribution in [-0.4, -0.2) is 49.4 Å². The van der Waals surface area contributed by atoms with Crippen molar-refractivity contribution in [2.45, 2.75) is 38.3 Å². The lowest BCUT2D eigenvalue weighted by atomic mass is 9.77. The zero-order valence-corrected chi connectivity index (χ0v) is 17.1. The fourth-order valence-electron chi connectivity index (χ4n) is 4.60. The number of aromatic nitrogens is 4. The van der Waals surface area contributed by atoms with Gasteiger partial charge in [0.2, 0.25) is 5.88 Å². The van der Waals surface area contributed by atoms with E-state index in [2.05, 4.69) is 19.9 Å². The molecule has 3 atom stereocenters. The fourth-order valence-corrected chi connectivity index (χ4v) is 4.60. The van der Waals surface area contributed by atoms with E-state index in [1.807, 2.05) is 11.8 Å². The summed E-state index contributed by atoms with van der Waals surface area (Å²) in [5, 5.41) is 0. The van der Waals surface area contributed by atoms with E-state index in [0.717, 1.165) is 25.0 Å². The van der Waals surface area contributed by atoms with Crippen LogP contribution < -0.4 is 4.74 Å². The van der Waals surface area contributed by atoms with Crippen molar-refractivity contribution in [3.63, 3.8) is 0 Å². The molecule has 8 heteroatoms. The maximum atomic E-state index is 14.8. The minimum Gasteiger partial charge on any atom is -0.471 e. The molecule has 0 N–H and O–H groups in total. The highest BCUT2D eigenvalue weighted by atomic mass is 19.1. The molecule has 3 aliphatic rings. The first-order valence-corrected chi connectivity index (χ1v) is 10.4. The lowest BCUT2D eigenvalue weighted by Gasteiger charge is -2.49. The summed E-state index contributed by atoms with van der Waals surface area (Å²) in [5.74, 6) is 0.262. The van der Waals surface area contributed by atoms with E-state index in [9.17, 15) is 9.18 Å². The number of rotatable bonds is 4. The predicted octanol–water partition coefficient (Wildman–Crippen LogP) is 3.45. The zero-order chi connectivity index (χ0) is 21.4. The molecule has 0 spiro atoms. The minimum absolute atomic E-state index is 0.103. The summed E-state index contributed by atoms with van der Waals surface area (Å²) >= 11 is 0. The van der Waals surface area contributed by atoms with Gasteiger partial charge in [-0.2, -0.15) is 0 Å². The van der Waals surface area contributed by atoms with E-state index < -0.39 is 5.82 Å². The van der Waals surface area contributed by atoms with Crippen LogP contribution in [0.3, 0.4) is 0 Å². The van der Waals surface area contributed by atoms with Gasteiger partial charge in [-0.3, -0.25) is 9.78 Å². The standard InChI is InChI=1S/C23H22FN5O2/c1-14-11-28-20(12-27-14)31-19-10-15-6-7-18(19)29(13-15)23(30)16-4-2-5-17(24)21(16)22-25-8-3-9-26-22/h2-5,8-9,11-12,15,18-19H,6-7,10,13H2,1H3/t15-,18-,19+/m0/s1. The molecule has 2 bridgehead atoms. The maximum Gasteiger partial charge on any atom is 0.255 e. The van der Waals surface area contributed by atoms with Crippen molar-refractivity contribution in [2.75, 3.05) is 6.54 Å². The van der Waals surface area contributed by atoms with Gasteiger partial charge in [-0.05, 0) is 50.3 Å². The number of hydrogen-bond donors (Lipinski definition) is 0. The monoisotopic (exact) mass is 419 g/mol. The van der Waals surface area contributed by atoms with Gasteiger partial charge >= 0.3 is 0 Å². The van der Waals surface area contributed by atoms with Crippen molar-refractivity contribution in [1.82, 2.24) is 24.8 Å². The van der Waals surface area contributed by atoms with Gasteiger partial charge in [-0.25, -0.2) is 19.3 Å². The molecule has 0 radical (unpaired) electrons. The minimum atomic E-state index is -0.512. The molecular formula is C23H22FN5O2. The molecule has 3 aromatic rings. The number of nitrogens with zero attached hydrogens (tertiary/aromatic N) is 5. The first-order chi connectivity index (χ1) is 15.1. The molecule has 6 rings (SSSR count). The highest BCUT2D eigenvalue weighted by Gasteiger charge is 2.45. The molecule has 4 heterocycles. The number of benzene rings is 1. The van der Waals surface area contributed by atoms with Gasteiger partial charge in [0.1, 0.15) is 11.9 Å². The second-order valence-electron chi connectivity index (χ2n) is 8.09. The molecular weight excluding hydrogens is 397 g/mol. The van der Waals surface area contributed by atoms with Crippen LogP contribution in [0, 0.1) is 18.7 Å². The number of fused-ring (bicyclic) bond motifs is 3. The molecule has 1 saturated carbocycles. The van der Waals surface area contributed by atoms with Gasteiger partial charge in [0.15, 0.2) is 5.82 Å². The molecule has 1 amide bonds. The Labute approximate surface area is 179 Å². The summed E-state index contributed by atoms with van der Waals surface area (Å²) < 4.78 is 20.9. The van der Waals surface area contributed by atoms with E-state index in [1.54, 1.807) is 43.0 Å². The predicted molar refractivity (Wildman–Crippen MR) is 111 cm³/mol. The summed E-state index contributed by atoms with van der Waals surface area (Å²) in [4.78, 5) is 32.3. The Bertz CT molecular complexity index is 1090. The highest BCUT2D eigenvalue weighted by Crippen LogP contribution is 2.38. The van der Waals surface area contributed by atoms with Crippen molar-refractivity contribution < 1.29 is 13.9 Å². The van der Waals surface area contributed by atoms with Gasteiger partial charge in [0, 0.05) is 18.9 Å². The molecule has 158 valence electrons. The Balaban J connectivity index is 1.45. The van der Waals surface area contributed by atoms with Crippen LogP contribution in [0.25, 0.3) is 11.4 Å². The first kappa shape index (κ1) is 19.5. The summed E-state index contributed by atoms with van der Waals surface area (Å²) in [6.07, 6.45) is 8.94. The molecule has 1 aromatic carbocycles. The molecule has 0 unspecified atom stereocenters. The van der Waals surface area contributed by atoms with E-state index >= 15 is 0 Å². The van der Waals surface area contributed by atoms with Crippen molar-refractivity contribution >= 4 is 5.91 Å². The van der Waals surface area contributed by atoms with Crippen LogP contribution >= 0.6 is 0 Å². The Morgan fingerprint density at radius 1 is 1.10 bits per heavy atom. The van der Waals surface area contributed by atoms with E-state index in [4.69, 9.17) is 4.74 Å². The van der Waals surface area contributed by atoms with Crippen LogP contribution in [-0.2, 0) is 0 Å². The Kier molecular flexibility index (Phi) is 5.05. The molecule has 2 aromatic heterocycles. The third-order valence-electron chi connectivity index (χ3n) is 6.04. The van der Waals surface area contributed by atoms with Gasteiger partial charge in [0.05, 0.1) is 35.3 Å². The Morgan fingerprint density at radius 2 is 1.94 bits per heavy atom. The third-order valence-corrected chi connectivity index (χ3v) is 6.04. The Hall–Kier alpha value is -3.42. The molecule has 2 saturated heterocycles. The number of amides is 1. The average Bonchev–Trinajstić information content (AvgIpc) is 2.81. The van der Waals surface area contributed by atoms with Crippen LogP contribution in [0.5, 0.6) is 5.88 Å². The van der Waals surface area contributed by atoms with Crippen LogP contribution in [0.2, 0.25) is 0 Å². The summed E-state index contributed by atoms with van der Waals surface area (Å²) in [5.41, 5.74) is 1.22. The summed E-state index contributed by atoms with van der Waals surface area (Å²) in [6.45, 7) is 2.50. The zero-order valence-electron chi connectivity index (χ0n) is 17.1. The lowest BCUT2D eigenvalue weighted by Crippen LogP contribution is -2.59. The fraction of sp³-hybridized carbons (Fsp3) is 0.348. The lowest BCUT2D eigenvalue weighted by molar-refractivity contribution is -0.0314. The van der Waals surface area contributed by atoms with Gasteiger partial charge in [-0.15, -0.1) is 0 Å². The van der Waals surface area contributed by atoms with Crippen LogP contribution in [0.1, 0.15) is 35.3 Å². The second-order valence-corrected chi connectivity index (χ2v) is 8.09. The van der Waals surface area contributed by atoms with E-state index in [1.165, 1.54) is 6.07 Å². The summed E-state index contributed by atoms with van der Waals surface area (Å²) in [7, 11) is 0. The maximum absolute atomic E-state index is 14.8. The number of hydrogen-bond acceptors (Lipinski definition) is 6. The second kappa shape index (κ2) is 8.02. The van der Waals surface area contributed by atoms with Crippen molar-refractivity contribution in [1.29, 1.82) is 0 Å². The largest absolute Gasteiger partial charge is 0.471 e. The van der Waals surface area contributed by atoms with Gasteiger partial charge in [-0.1, -0.05) is 6.07 Å². The molecule has 7 nitrogen and oxygen atoms in total. The quantitative estimate of drug-likeness (QED) is 0.644. The molecule has 1 aliphatic carbocycles. The number of halogens is 1. The SMILES string of the molecule is Cc1cnc(O[C@@H]2C[C@@H]3CC[C@@H]2N(C(=O)c2cccc(F)c2-c2ncccn2)C3)cn1. The topological polar surface area (TPSA) is 81.1 Å². The van der Waals surface area contributed by atoms with E-state index in [-0.39, 0.29) is 35.0 Å². The van der Waals surface area contributed by atoms with Gasteiger partial charge in [0.25, 0.3) is 5.91 Å². The molecule has 2 aliphatic heterocycles. The number of carbonyl (C=O) groups is 1. The number of piperidine rings is 2. The molecule has 31 heavy (non-hydrogen) atoms. The smallest absolute Gasteiger partial charge is 0.255 e. The van der Waals surface area contributed by atoms with Crippen LogP contribution in [0.4, 0.5) is 4.39 Å². The molecule has 3 fully saturated rings.